The van der Waals surface area contributed by atoms with E-state index in [0.717, 1.165) is 31.2 Å². The van der Waals surface area contributed by atoms with Gasteiger partial charge in [-0.15, -0.1) is 0 Å². The molecule has 1 aromatic heterocycles. The average Bonchev–Trinajstić information content (AvgIpc) is 2.89. The second-order valence-corrected chi connectivity index (χ2v) is 8.16. The summed E-state index contributed by atoms with van der Waals surface area (Å²) in [4.78, 5) is 9.39. The highest BCUT2D eigenvalue weighted by Gasteiger charge is 2.20. The SMILES string of the molecule is COc1ccc(CN(CCN(C)C(c2ccccc2)c2ccccc2)c2ccccn2)cc1. The summed E-state index contributed by atoms with van der Waals surface area (Å²) in [6, 6.07) is 36.0. The Morgan fingerprint density at radius 2 is 1.33 bits per heavy atom. The van der Waals surface area contributed by atoms with Crippen LogP contribution in [-0.4, -0.2) is 37.1 Å². The molecule has 4 aromatic rings. The van der Waals surface area contributed by atoms with Gasteiger partial charge in [0.25, 0.3) is 0 Å². The zero-order valence-electron chi connectivity index (χ0n) is 19.3. The van der Waals surface area contributed by atoms with Crippen LogP contribution in [0.5, 0.6) is 5.75 Å². The van der Waals surface area contributed by atoms with Gasteiger partial charge in [-0.2, -0.15) is 0 Å². The minimum atomic E-state index is 0.193. The van der Waals surface area contributed by atoms with Crippen molar-refractivity contribution in [1.82, 2.24) is 9.88 Å². The van der Waals surface area contributed by atoms with Crippen LogP contribution in [-0.2, 0) is 6.54 Å². The first-order chi connectivity index (χ1) is 16.2. The first kappa shape index (κ1) is 22.6. The number of hydrogen-bond donors (Lipinski definition) is 0. The molecule has 3 aromatic carbocycles. The molecule has 0 aliphatic carbocycles. The Morgan fingerprint density at radius 1 is 0.727 bits per heavy atom. The standard InChI is InChI=1S/C29H31N3O/c1-31(29(25-11-5-3-6-12-25)26-13-7-4-8-14-26)21-22-32(28-15-9-10-20-30-28)23-24-16-18-27(33-2)19-17-24/h3-20,29H,21-23H2,1-2H3. The van der Waals surface area contributed by atoms with Crippen LogP contribution in [0.4, 0.5) is 5.82 Å². The predicted molar refractivity (Wildman–Crippen MR) is 136 cm³/mol. The summed E-state index contributed by atoms with van der Waals surface area (Å²) in [6.45, 7) is 2.53. The molecule has 4 rings (SSSR count). The summed E-state index contributed by atoms with van der Waals surface area (Å²) in [6.07, 6.45) is 1.86. The minimum Gasteiger partial charge on any atom is -0.497 e. The van der Waals surface area contributed by atoms with Crippen LogP contribution in [0.3, 0.4) is 0 Å². The smallest absolute Gasteiger partial charge is 0.128 e. The van der Waals surface area contributed by atoms with E-state index in [0.29, 0.717) is 0 Å². The Morgan fingerprint density at radius 3 is 1.88 bits per heavy atom. The van der Waals surface area contributed by atoms with Crippen molar-refractivity contribution in [1.29, 1.82) is 0 Å². The second-order valence-electron chi connectivity index (χ2n) is 8.16. The largest absolute Gasteiger partial charge is 0.497 e. The third-order valence-corrected chi connectivity index (χ3v) is 5.90. The maximum atomic E-state index is 5.32. The maximum Gasteiger partial charge on any atom is 0.128 e. The van der Waals surface area contributed by atoms with Gasteiger partial charge in [0.05, 0.1) is 13.2 Å². The Labute approximate surface area is 197 Å². The quantitative estimate of drug-likeness (QED) is 0.313. The number of anilines is 1. The first-order valence-electron chi connectivity index (χ1n) is 11.3. The molecule has 0 unspecified atom stereocenters. The Hall–Kier alpha value is -3.63. The zero-order chi connectivity index (χ0) is 22.9. The van der Waals surface area contributed by atoms with Gasteiger partial charge >= 0.3 is 0 Å². The zero-order valence-corrected chi connectivity index (χ0v) is 19.3. The van der Waals surface area contributed by atoms with E-state index in [4.69, 9.17) is 4.74 Å². The van der Waals surface area contributed by atoms with Gasteiger partial charge in [0.15, 0.2) is 0 Å². The fraction of sp³-hybridized carbons (Fsp3) is 0.207. The topological polar surface area (TPSA) is 28.6 Å². The van der Waals surface area contributed by atoms with E-state index in [2.05, 4.69) is 101 Å². The van der Waals surface area contributed by atoms with Crippen LogP contribution in [0.2, 0.25) is 0 Å². The van der Waals surface area contributed by atoms with Crippen molar-refractivity contribution in [2.45, 2.75) is 12.6 Å². The molecule has 0 radical (unpaired) electrons. The van der Waals surface area contributed by atoms with Crippen molar-refractivity contribution >= 4 is 5.82 Å². The number of pyridine rings is 1. The van der Waals surface area contributed by atoms with E-state index < -0.39 is 0 Å². The second kappa shape index (κ2) is 11.3. The monoisotopic (exact) mass is 437 g/mol. The summed E-state index contributed by atoms with van der Waals surface area (Å²) >= 11 is 0. The van der Waals surface area contributed by atoms with Crippen molar-refractivity contribution in [3.05, 3.63) is 126 Å². The molecule has 0 aliphatic heterocycles. The van der Waals surface area contributed by atoms with Crippen LogP contribution in [0.1, 0.15) is 22.7 Å². The summed E-state index contributed by atoms with van der Waals surface area (Å²) < 4.78 is 5.32. The Kier molecular flexibility index (Phi) is 7.72. The van der Waals surface area contributed by atoms with Crippen LogP contribution in [0.15, 0.2) is 109 Å². The molecule has 0 N–H and O–H groups in total. The van der Waals surface area contributed by atoms with Gasteiger partial charge in [0.1, 0.15) is 11.6 Å². The van der Waals surface area contributed by atoms with Crippen LogP contribution >= 0.6 is 0 Å². The highest BCUT2D eigenvalue weighted by Crippen LogP contribution is 2.27. The molecule has 0 atom stereocenters. The number of ether oxygens (including phenoxy) is 1. The Balaban J connectivity index is 1.54. The molecule has 0 saturated carbocycles. The van der Waals surface area contributed by atoms with Crippen molar-refractivity contribution < 1.29 is 4.74 Å². The summed E-state index contributed by atoms with van der Waals surface area (Å²) in [5.74, 6) is 1.86. The van der Waals surface area contributed by atoms with Gasteiger partial charge in [0.2, 0.25) is 0 Å². The van der Waals surface area contributed by atoms with E-state index in [1.165, 1.54) is 16.7 Å². The van der Waals surface area contributed by atoms with E-state index in [-0.39, 0.29) is 6.04 Å². The summed E-state index contributed by atoms with van der Waals surface area (Å²) in [5.41, 5.74) is 3.82. The molecule has 0 fully saturated rings. The number of nitrogens with zero attached hydrogens (tertiary/aromatic N) is 3. The molecule has 0 amide bonds. The number of aromatic nitrogens is 1. The molecular formula is C29H31N3O. The summed E-state index contributed by atoms with van der Waals surface area (Å²) in [5, 5.41) is 0. The van der Waals surface area contributed by atoms with Gasteiger partial charge in [0, 0.05) is 25.8 Å². The molecule has 0 aliphatic rings. The highest BCUT2D eigenvalue weighted by molar-refractivity contribution is 5.40. The van der Waals surface area contributed by atoms with E-state index in [1.54, 1.807) is 7.11 Å². The molecular weight excluding hydrogens is 406 g/mol. The lowest BCUT2D eigenvalue weighted by Crippen LogP contribution is -2.35. The maximum absolute atomic E-state index is 5.32. The van der Waals surface area contributed by atoms with E-state index in [9.17, 15) is 0 Å². The van der Waals surface area contributed by atoms with E-state index in [1.807, 2.05) is 30.5 Å². The lowest BCUT2D eigenvalue weighted by atomic mass is 9.97. The van der Waals surface area contributed by atoms with Crippen LogP contribution in [0.25, 0.3) is 0 Å². The van der Waals surface area contributed by atoms with Gasteiger partial charge in [-0.25, -0.2) is 4.98 Å². The molecule has 168 valence electrons. The fourth-order valence-electron chi connectivity index (χ4n) is 4.15. The third-order valence-electron chi connectivity index (χ3n) is 5.90. The number of rotatable bonds is 10. The van der Waals surface area contributed by atoms with Crippen LogP contribution in [0, 0.1) is 0 Å². The Bertz CT molecular complexity index is 1050. The number of likely N-dealkylation sites (N-methyl/N-ethyl adjacent to an activating group) is 1. The van der Waals surface area contributed by atoms with Crippen molar-refractivity contribution in [3.63, 3.8) is 0 Å². The van der Waals surface area contributed by atoms with Crippen molar-refractivity contribution in [2.24, 2.45) is 0 Å². The average molecular weight is 438 g/mol. The van der Waals surface area contributed by atoms with Gasteiger partial charge in [-0.05, 0) is 48.0 Å². The predicted octanol–water partition coefficient (Wildman–Crippen LogP) is 5.82. The van der Waals surface area contributed by atoms with Gasteiger partial charge < -0.3 is 9.64 Å². The van der Waals surface area contributed by atoms with Gasteiger partial charge in [-0.1, -0.05) is 78.9 Å². The third kappa shape index (κ3) is 5.99. The van der Waals surface area contributed by atoms with Gasteiger partial charge in [-0.3, -0.25) is 4.90 Å². The number of hydrogen-bond acceptors (Lipinski definition) is 4. The van der Waals surface area contributed by atoms with E-state index >= 15 is 0 Å². The van der Waals surface area contributed by atoms with Crippen LogP contribution < -0.4 is 9.64 Å². The highest BCUT2D eigenvalue weighted by atomic mass is 16.5. The summed E-state index contributed by atoms with van der Waals surface area (Å²) in [7, 11) is 3.90. The molecule has 0 spiro atoms. The number of benzene rings is 3. The lowest BCUT2D eigenvalue weighted by Gasteiger charge is -2.32. The van der Waals surface area contributed by atoms with Crippen molar-refractivity contribution in [2.75, 3.05) is 32.1 Å². The molecule has 33 heavy (non-hydrogen) atoms. The molecule has 4 heteroatoms. The normalized spacial score (nSPS) is 11.0. The number of methoxy groups -OCH3 is 1. The molecule has 0 saturated heterocycles. The fourth-order valence-corrected chi connectivity index (χ4v) is 4.15. The molecule has 0 bridgehead atoms. The molecule has 4 nitrogen and oxygen atoms in total. The first-order valence-corrected chi connectivity index (χ1v) is 11.3. The minimum absolute atomic E-state index is 0.193. The lowest BCUT2D eigenvalue weighted by molar-refractivity contribution is 0.283. The van der Waals surface area contributed by atoms with Crippen molar-refractivity contribution in [3.8, 4) is 5.75 Å². The molecule has 1 heterocycles.